The van der Waals surface area contributed by atoms with Crippen molar-refractivity contribution < 1.29 is 8.42 Å². The van der Waals surface area contributed by atoms with Crippen LogP contribution in [0.15, 0.2) is 23.1 Å². The standard InChI is InChI=1S/C9H12N2O2S/c1-6-5-11-9-4-7(14(10,12)13)2-3-8(6)9/h2-4,6,11H,5H2,1H3,(H2,10,12,13). The van der Waals surface area contributed by atoms with Crippen LogP contribution in [0.4, 0.5) is 5.69 Å². The quantitative estimate of drug-likeness (QED) is 0.725. The van der Waals surface area contributed by atoms with Gasteiger partial charge in [-0.2, -0.15) is 0 Å². The zero-order chi connectivity index (χ0) is 10.3. The smallest absolute Gasteiger partial charge is 0.238 e. The molecule has 1 unspecified atom stereocenters. The summed E-state index contributed by atoms with van der Waals surface area (Å²) in [4.78, 5) is 0.165. The molecule has 4 nitrogen and oxygen atoms in total. The van der Waals surface area contributed by atoms with Crippen molar-refractivity contribution in [2.24, 2.45) is 5.14 Å². The second-order valence-corrected chi connectivity index (χ2v) is 5.14. The first-order chi connectivity index (χ1) is 6.48. The van der Waals surface area contributed by atoms with E-state index in [-0.39, 0.29) is 4.90 Å². The number of hydrogen-bond acceptors (Lipinski definition) is 3. The number of nitrogens with one attached hydrogen (secondary N) is 1. The van der Waals surface area contributed by atoms with Crippen molar-refractivity contribution in [3.63, 3.8) is 0 Å². The number of primary sulfonamides is 1. The third-order valence-corrected chi connectivity index (χ3v) is 3.39. The summed E-state index contributed by atoms with van der Waals surface area (Å²) in [6, 6.07) is 4.96. The van der Waals surface area contributed by atoms with Gasteiger partial charge in [-0.05, 0) is 17.7 Å². The second-order valence-electron chi connectivity index (χ2n) is 3.58. The maximum atomic E-state index is 11.1. The van der Waals surface area contributed by atoms with Crippen molar-refractivity contribution >= 4 is 15.7 Å². The van der Waals surface area contributed by atoms with Crippen LogP contribution in [0.3, 0.4) is 0 Å². The summed E-state index contributed by atoms with van der Waals surface area (Å²) in [7, 11) is -3.58. The lowest BCUT2D eigenvalue weighted by atomic mass is 10.0. The Hall–Kier alpha value is -1.07. The van der Waals surface area contributed by atoms with Gasteiger partial charge in [0.2, 0.25) is 10.0 Å². The third kappa shape index (κ3) is 1.49. The van der Waals surface area contributed by atoms with Gasteiger partial charge in [0.15, 0.2) is 0 Å². The van der Waals surface area contributed by atoms with Gasteiger partial charge in [0, 0.05) is 18.2 Å². The fourth-order valence-electron chi connectivity index (χ4n) is 1.67. The highest BCUT2D eigenvalue weighted by atomic mass is 32.2. The Bertz CT molecular complexity index is 468. The molecule has 0 saturated heterocycles. The highest BCUT2D eigenvalue weighted by Crippen LogP contribution is 2.32. The van der Waals surface area contributed by atoms with E-state index in [9.17, 15) is 8.42 Å². The van der Waals surface area contributed by atoms with E-state index >= 15 is 0 Å². The monoisotopic (exact) mass is 212 g/mol. The summed E-state index contributed by atoms with van der Waals surface area (Å²) < 4.78 is 22.1. The van der Waals surface area contributed by atoms with E-state index in [0.29, 0.717) is 5.92 Å². The molecule has 0 spiro atoms. The van der Waals surface area contributed by atoms with Crippen LogP contribution in [-0.2, 0) is 10.0 Å². The second kappa shape index (κ2) is 2.96. The molecule has 0 aliphatic carbocycles. The Morgan fingerprint density at radius 1 is 1.50 bits per heavy atom. The molecule has 0 saturated carbocycles. The van der Waals surface area contributed by atoms with Crippen molar-refractivity contribution in [2.75, 3.05) is 11.9 Å². The van der Waals surface area contributed by atoms with Crippen molar-refractivity contribution in [2.45, 2.75) is 17.7 Å². The van der Waals surface area contributed by atoms with Gasteiger partial charge in [-0.15, -0.1) is 0 Å². The molecule has 76 valence electrons. The lowest BCUT2D eigenvalue weighted by Gasteiger charge is -2.04. The largest absolute Gasteiger partial charge is 0.384 e. The Morgan fingerprint density at radius 2 is 2.21 bits per heavy atom. The molecule has 0 radical (unpaired) electrons. The summed E-state index contributed by atoms with van der Waals surface area (Å²) >= 11 is 0. The van der Waals surface area contributed by atoms with Gasteiger partial charge in [-0.3, -0.25) is 0 Å². The Labute approximate surface area is 83.2 Å². The van der Waals surface area contributed by atoms with E-state index in [4.69, 9.17) is 5.14 Å². The van der Waals surface area contributed by atoms with Gasteiger partial charge >= 0.3 is 0 Å². The summed E-state index contributed by atoms with van der Waals surface area (Å²) in [6.45, 7) is 2.94. The van der Waals surface area contributed by atoms with E-state index in [2.05, 4.69) is 12.2 Å². The van der Waals surface area contributed by atoms with Crippen LogP contribution in [0.25, 0.3) is 0 Å². The lowest BCUT2D eigenvalue weighted by Crippen LogP contribution is -2.12. The van der Waals surface area contributed by atoms with Crippen LogP contribution in [-0.4, -0.2) is 15.0 Å². The minimum absolute atomic E-state index is 0.165. The van der Waals surface area contributed by atoms with Gasteiger partial charge in [0.25, 0.3) is 0 Å². The number of anilines is 1. The minimum atomic E-state index is -3.58. The fraction of sp³-hybridized carbons (Fsp3) is 0.333. The van der Waals surface area contributed by atoms with E-state index in [1.165, 1.54) is 0 Å². The number of nitrogens with two attached hydrogens (primary N) is 1. The highest BCUT2D eigenvalue weighted by Gasteiger charge is 2.19. The highest BCUT2D eigenvalue weighted by molar-refractivity contribution is 7.89. The van der Waals surface area contributed by atoms with Crippen LogP contribution in [0, 0.1) is 0 Å². The van der Waals surface area contributed by atoms with Crippen molar-refractivity contribution in [3.8, 4) is 0 Å². The summed E-state index contributed by atoms with van der Waals surface area (Å²) in [6.07, 6.45) is 0. The molecule has 0 amide bonds. The zero-order valence-electron chi connectivity index (χ0n) is 7.82. The molecule has 0 bridgehead atoms. The first-order valence-corrected chi connectivity index (χ1v) is 5.94. The molecule has 1 aliphatic heterocycles. The van der Waals surface area contributed by atoms with Crippen molar-refractivity contribution in [1.82, 2.24) is 0 Å². The van der Waals surface area contributed by atoms with Crippen LogP contribution < -0.4 is 10.5 Å². The number of rotatable bonds is 1. The number of sulfonamides is 1. The zero-order valence-corrected chi connectivity index (χ0v) is 8.64. The molecular weight excluding hydrogens is 200 g/mol. The van der Waals surface area contributed by atoms with Crippen molar-refractivity contribution in [3.05, 3.63) is 23.8 Å². The third-order valence-electron chi connectivity index (χ3n) is 2.48. The molecule has 1 heterocycles. The van der Waals surface area contributed by atoms with Crippen LogP contribution >= 0.6 is 0 Å². The first-order valence-electron chi connectivity index (χ1n) is 4.39. The molecule has 0 aromatic heterocycles. The first kappa shape index (κ1) is 9.48. The van der Waals surface area contributed by atoms with E-state index in [0.717, 1.165) is 17.8 Å². The van der Waals surface area contributed by atoms with Crippen LogP contribution in [0.2, 0.25) is 0 Å². The normalized spacial score (nSPS) is 20.3. The van der Waals surface area contributed by atoms with Gasteiger partial charge < -0.3 is 5.32 Å². The summed E-state index contributed by atoms with van der Waals surface area (Å²) in [5.41, 5.74) is 2.03. The van der Waals surface area contributed by atoms with E-state index in [1.54, 1.807) is 12.1 Å². The maximum Gasteiger partial charge on any atom is 0.238 e. The average molecular weight is 212 g/mol. The molecular formula is C9H12N2O2S. The molecule has 1 atom stereocenters. The molecule has 3 N–H and O–H groups in total. The minimum Gasteiger partial charge on any atom is -0.384 e. The molecule has 1 aromatic carbocycles. The van der Waals surface area contributed by atoms with Crippen LogP contribution in [0.5, 0.6) is 0 Å². The fourth-order valence-corrected chi connectivity index (χ4v) is 2.21. The Morgan fingerprint density at radius 3 is 2.86 bits per heavy atom. The Balaban J connectivity index is 2.53. The number of hydrogen-bond donors (Lipinski definition) is 2. The summed E-state index contributed by atoms with van der Waals surface area (Å²) in [5, 5.41) is 8.17. The molecule has 1 aliphatic rings. The predicted octanol–water partition coefficient (Wildman–Crippen LogP) is 0.863. The molecule has 14 heavy (non-hydrogen) atoms. The average Bonchev–Trinajstić information content (AvgIpc) is 2.46. The van der Waals surface area contributed by atoms with Gasteiger partial charge in [-0.25, -0.2) is 13.6 Å². The Kier molecular flexibility index (Phi) is 2.01. The number of benzene rings is 1. The van der Waals surface area contributed by atoms with Crippen LogP contribution in [0.1, 0.15) is 18.4 Å². The SMILES string of the molecule is CC1CNc2cc(S(N)(=O)=O)ccc21. The molecule has 1 aromatic rings. The van der Waals surface area contributed by atoms with Gasteiger partial charge in [0.05, 0.1) is 4.90 Å². The number of fused-ring (bicyclic) bond motifs is 1. The molecule has 0 fully saturated rings. The topological polar surface area (TPSA) is 72.2 Å². The van der Waals surface area contributed by atoms with Gasteiger partial charge in [0.1, 0.15) is 0 Å². The predicted molar refractivity (Wildman–Crippen MR) is 54.7 cm³/mol. The molecule has 2 rings (SSSR count). The lowest BCUT2D eigenvalue weighted by molar-refractivity contribution is 0.598. The van der Waals surface area contributed by atoms with E-state index < -0.39 is 10.0 Å². The van der Waals surface area contributed by atoms with Crippen molar-refractivity contribution in [1.29, 1.82) is 0 Å². The maximum absolute atomic E-state index is 11.1. The van der Waals surface area contributed by atoms with Gasteiger partial charge in [-0.1, -0.05) is 13.0 Å². The van der Waals surface area contributed by atoms with E-state index in [1.807, 2.05) is 6.07 Å². The summed E-state index contributed by atoms with van der Waals surface area (Å²) in [5.74, 6) is 0.430. The molecule has 5 heteroatoms.